The number of nitrogens with one attached hydrogen (secondary N) is 1. The molecule has 1 atom stereocenters. The second-order valence-corrected chi connectivity index (χ2v) is 5.40. The number of thiazole rings is 1. The van der Waals surface area contributed by atoms with Crippen LogP contribution in [0.5, 0.6) is 0 Å². The fourth-order valence-corrected chi connectivity index (χ4v) is 2.67. The number of aromatic nitrogens is 1. The average molecular weight is 312 g/mol. The van der Waals surface area contributed by atoms with Crippen LogP contribution in [0.1, 0.15) is 35.5 Å². The summed E-state index contributed by atoms with van der Waals surface area (Å²) in [5, 5.41) is 3.67. The van der Waals surface area contributed by atoms with Gasteiger partial charge in [0.1, 0.15) is 5.01 Å². The molecule has 0 bridgehead atoms. The summed E-state index contributed by atoms with van der Waals surface area (Å²) in [6.07, 6.45) is 2.24. The van der Waals surface area contributed by atoms with Crippen LogP contribution in [0.15, 0.2) is 12.2 Å². The molecule has 1 N–H and O–H groups in total. The molecule has 1 amide bonds. The van der Waals surface area contributed by atoms with Crippen molar-refractivity contribution in [3.63, 3.8) is 0 Å². The van der Waals surface area contributed by atoms with Gasteiger partial charge < -0.3 is 14.8 Å². The monoisotopic (exact) mass is 312 g/mol. The molecule has 1 rings (SSSR count). The lowest BCUT2D eigenvalue weighted by molar-refractivity contribution is -0.135. The summed E-state index contributed by atoms with van der Waals surface area (Å²) in [5.74, 6) is -0.919. The minimum atomic E-state index is -0.564. The van der Waals surface area contributed by atoms with Crippen LogP contribution in [0.4, 0.5) is 0 Å². The zero-order valence-corrected chi connectivity index (χ0v) is 13.5. The molecule has 1 heterocycles. The number of hydrogen-bond acceptors (Lipinski definition) is 6. The van der Waals surface area contributed by atoms with Crippen molar-refractivity contribution in [2.24, 2.45) is 0 Å². The molecule has 1 unspecified atom stereocenters. The lowest BCUT2D eigenvalue weighted by Crippen LogP contribution is -2.24. The summed E-state index contributed by atoms with van der Waals surface area (Å²) in [4.78, 5) is 28.0. The van der Waals surface area contributed by atoms with Gasteiger partial charge in [-0.1, -0.05) is 0 Å². The highest BCUT2D eigenvalue weighted by Gasteiger charge is 2.15. The number of methoxy groups -OCH3 is 1. The maximum atomic E-state index is 11.7. The Balaban J connectivity index is 2.64. The van der Waals surface area contributed by atoms with Gasteiger partial charge in [-0.3, -0.25) is 4.79 Å². The molecule has 21 heavy (non-hydrogen) atoms. The lowest BCUT2D eigenvalue weighted by atomic mass is 10.2. The number of ether oxygens (including phenoxy) is 2. The Kier molecular flexibility index (Phi) is 7.04. The van der Waals surface area contributed by atoms with Gasteiger partial charge in [0.2, 0.25) is 5.91 Å². The van der Waals surface area contributed by atoms with Gasteiger partial charge in [-0.2, -0.15) is 0 Å². The third kappa shape index (κ3) is 5.65. The van der Waals surface area contributed by atoms with Crippen molar-refractivity contribution >= 4 is 23.2 Å². The normalized spacial score (nSPS) is 12.4. The number of esters is 1. The molecule has 0 spiro atoms. The van der Waals surface area contributed by atoms with Gasteiger partial charge >= 0.3 is 5.97 Å². The minimum absolute atomic E-state index is 0.187. The third-order valence-electron chi connectivity index (χ3n) is 2.63. The van der Waals surface area contributed by atoms with E-state index in [1.165, 1.54) is 18.4 Å². The van der Waals surface area contributed by atoms with E-state index in [-0.39, 0.29) is 11.9 Å². The van der Waals surface area contributed by atoms with Crippen LogP contribution < -0.4 is 5.32 Å². The van der Waals surface area contributed by atoms with Crippen molar-refractivity contribution < 1.29 is 19.1 Å². The maximum Gasteiger partial charge on any atom is 0.330 e. The molecular weight excluding hydrogens is 292 g/mol. The Bertz CT molecular complexity index is 525. The zero-order chi connectivity index (χ0) is 15.8. The van der Waals surface area contributed by atoms with Gasteiger partial charge in [0.15, 0.2) is 0 Å². The van der Waals surface area contributed by atoms with E-state index < -0.39 is 5.97 Å². The first-order valence-corrected chi connectivity index (χ1v) is 7.40. The molecule has 1 aromatic heterocycles. The van der Waals surface area contributed by atoms with Crippen molar-refractivity contribution in [2.45, 2.75) is 33.4 Å². The second-order valence-electron chi connectivity index (χ2n) is 4.28. The van der Waals surface area contributed by atoms with E-state index >= 15 is 0 Å². The Morgan fingerprint density at radius 3 is 2.76 bits per heavy atom. The van der Waals surface area contributed by atoms with Crippen LogP contribution in [-0.4, -0.2) is 30.6 Å². The molecule has 0 fully saturated rings. The Morgan fingerprint density at radius 2 is 2.14 bits per heavy atom. The van der Waals surface area contributed by atoms with E-state index in [0.717, 1.165) is 27.7 Å². The summed E-state index contributed by atoms with van der Waals surface area (Å²) in [6, 6.07) is -0.187. The zero-order valence-electron chi connectivity index (χ0n) is 12.6. The summed E-state index contributed by atoms with van der Waals surface area (Å²) in [5.41, 5.74) is 0.874. The fraction of sp³-hybridized carbons (Fsp3) is 0.500. The Labute approximate surface area is 128 Å². The number of carbonyl (C=O) groups is 2. The predicted octanol–water partition coefficient (Wildman–Crippen LogP) is 1.89. The van der Waals surface area contributed by atoms with Crippen molar-refractivity contribution in [2.75, 3.05) is 13.7 Å². The molecule has 0 saturated heterocycles. The largest absolute Gasteiger partial charge is 0.466 e. The van der Waals surface area contributed by atoms with E-state index in [1.54, 1.807) is 0 Å². The topological polar surface area (TPSA) is 77.5 Å². The number of nitrogens with zero attached hydrogens (tertiary/aromatic N) is 1. The van der Waals surface area contributed by atoms with Crippen molar-refractivity contribution in [1.29, 1.82) is 0 Å². The van der Waals surface area contributed by atoms with Crippen LogP contribution >= 0.6 is 11.3 Å². The van der Waals surface area contributed by atoms with Gasteiger partial charge in [-0.15, -0.1) is 11.3 Å². The second kappa shape index (κ2) is 8.53. The first-order valence-electron chi connectivity index (χ1n) is 6.58. The minimum Gasteiger partial charge on any atom is -0.466 e. The number of aryl methyl sites for hydroxylation is 1. The van der Waals surface area contributed by atoms with E-state index in [0.29, 0.717) is 13.2 Å². The number of hydrogen-bond donors (Lipinski definition) is 1. The van der Waals surface area contributed by atoms with Gasteiger partial charge in [0, 0.05) is 23.6 Å². The molecule has 1 aromatic rings. The van der Waals surface area contributed by atoms with Gasteiger partial charge in [-0.05, 0) is 20.8 Å². The highest BCUT2D eigenvalue weighted by Crippen LogP contribution is 2.25. The molecule has 6 nitrogen and oxygen atoms in total. The first kappa shape index (κ1) is 17.3. The van der Waals surface area contributed by atoms with E-state index in [4.69, 9.17) is 4.74 Å². The fourth-order valence-electron chi connectivity index (χ4n) is 1.66. The average Bonchev–Trinajstić information content (AvgIpc) is 2.83. The van der Waals surface area contributed by atoms with E-state index in [1.807, 2.05) is 20.8 Å². The molecule has 0 aromatic carbocycles. The van der Waals surface area contributed by atoms with Crippen LogP contribution in [0.3, 0.4) is 0 Å². The summed E-state index contributed by atoms with van der Waals surface area (Å²) in [7, 11) is 1.26. The van der Waals surface area contributed by atoms with Crippen LogP contribution in [-0.2, 0) is 25.7 Å². The smallest absolute Gasteiger partial charge is 0.330 e. The van der Waals surface area contributed by atoms with Crippen molar-refractivity contribution in [3.05, 3.63) is 27.7 Å². The van der Waals surface area contributed by atoms with E-state index in [2.05, 4.69) is 15.0 Å². The van der Waals surface area contributed by atoms with Gasteiger partial charge in [0.05, 0.1) is 25.5 Å². The standard InChI is InChI=1S/C14H20N2O4S/c1-5-20-8-12-16-10(3)14(21-12)9(2)15-11(17)6-7-13(18)19-4/h6-7,9H,5,8H2,1-4H3,(H,15,17)/b7-6+. The molecular formula is C14H20N2O4S. The molecule has 116 valence electrons. The summed E-state index contributed by atoms with van der Waals surface area (Å²) in [6.45, 7) is 6.81. The first-order chi connectivity index (χ1) is 9.97. The van der Waals surface area contributed by atoms with Gasteiger partial charge in [0.25, 0.3) is 0 Å². The number of carbonyl (C=O) groups excluding carboxylic acids is 2. The predicted molar refractivity (Wildman–Crippen MR) is 79.9 cm³/mol. The number of amides is 1. The maximum absolute atomic E-state index is 11.7. The molecule has 0 aliphatic carbocycles. The Hall–Kier alpha value is -1.73. The van der Waals surface area contributed by atoms with Crippen LogP contribution in [0.25, 0.3) is 0 Å². The van der Waals surface area contributed by atoms with Crippen LogP contribution in [0, 0.1) is 6.92 Å². The highest BCUT2D eigenvalue weighted by molar-refractivity contribution is 7.11. The molecule has 0 aliphatic rings. The quantitative estimate of drug-likeness (QED) is 0.614. The van der Waals surface area contributed by atoms with Crippen molar-refractivity contribution in [1.82, 2.24) is 10.3 Å². The molecule has 7 heteroatoms. The van der Waals surface area contributed by atoms with Gasteiger partial charge in [-0.25, -0.2) is 9.78 Å². The third-order valence-corrected chi connectivity index (χ3v) is 3.94. The van der Waals surface area contributed by atoms with E-state index in [9.17, 15) is 9.59 Å². The summed E-state index contributed by atoms with van der Waals surface area (Å²) >= 11 is 1.51. The van der Waals surface area contributed by atoms with Crippen molar-refractivity contribution in [3.8, 4) is 0 Å². The Morgan fingerprint density at radius 1 is 1.43 bits per heavy atom. The van der Waals surface area contributed by atoms with Crippen LogP contribution in [0.2, 0.25) is 0 Å². The SMILES string of the molecule is CCOCc1nc(C)c(C(C)NC(=O)/C=C/C(=O)OC)s1. The molecule has 0 saturated carbocycles. The molecule has 0 radical (unpaired) electrons. The summed E-state index contributed by atoms with van der Waals surface area (Å²) < 4.78 is 9.75. The number of rotatable bonds is 7. The molecule has 0 aliphatic heterocycles. The lowest BCUT2D eigenvalue weighted by Gasteiger charge is -2.10. The highest BCUT2D eigenvalue weighted by atomic mass is 32.1.